The second kappa shape index (κ2) is 7.47. The molecule has 2 rings (SSSR count). The predicted molar refractivity (Wildman–Crippen MR) is 97.3 cm³/mol. The third-order valence-corrected chi connectivity index (χ3v) is 4.35. The quantitative estimate of drug-likeness (QED) is 0.639. The largest absolute Gasteiger partial charge is 0.444 e. The Morgan fingerprint density at radius 3 is 2.64 bits per heavy atom. The van der Waals surface area contributed by atoms with E-state index in [0.717, 1.165) is 18.5 Å². The highest BCUT2D eigenvalue weighted by Gasteiger charge is 2.29. The van der Waals surface area contributed by atoms with E-state index in [1.807, 2.05) is 27.7 Å². The van der Waals surface area contributed by atoms with E-state index in [-0.39, 0.29) is 17.8 Å². The normalized spacial score (nSPS) is 20.9. The van der Waals surface area contributed by atoms with Crippen molar-refractivity contribution in [1.82, 2.24) is 5.32 Å². The zero-order valence-electron chi connectivity index (χ0n) is 14.9. The topological polar surface area (TPSA) is 84.7 Å². The zero-order chi connectivity index (χ0) is 18.8. The maximum atomic E-state index is 11.9. The van der Waals surface area contributed by atoms with Gasteiger partial charge in [0.2, 0.25) is 0 Å². The van der Waals surface area contributed by atoms with Crippen LogP contribution in [0.2, 0.25) is 5.02 Å². The third-order valence-electron chi connectivity index (χ3n) is 4.05. The van der Waals surface area contributed by atoms with E-state index in [2.05, 4.69) is 10.2 Å². The summed E-state index contributed by atoms with van der Waals surface area (Å²) in [6.07, 6.45) is 1.08. The summed E-state index contributed by atoms with van der Waals surface area (Å²) in [5, 5.41) is 14.1. The number of anilines is 1. The zero-order valence-corrected chi connectivity index (χ0v) is 15.7. The highest BCUT2D eigenvalue weighted by molar-refractivity contribution is 6.33. The molecule has 1 aromatic rings. The number of non-ortho nitro benzene ring substituents is 1. The molecular formula is C17H24ClN3O4. The van der Waals surface area contributed by atoms with Crippen LogP contribution in [0.5, 0.6) is 0 Å². The number of piperidine rings is 1. The summed E-state index contributed by atoms with van der Waals surface area (Å²) in [4.78, 5) is 24.4. The Labute approximate surface area is 152 Å². The number of hydrogen-bond donors (Lipinski definition) is 1. The molecule has 1 aromatic carbocycles. The molecular weight excluding hydrogens is 346 g/mol. The van der Waals surface area contributed by atoms with Crippen LogP contribution in [0, 0.1) is 10.1 Å². The summed E-state index contributed by atoms with van der Waals surface area (Å²) in [5.41, 5.74) is 0.223. The van der Waals surface area contributed by atoms with Gasteiger partial charge in [-0.05, 0) is 46.6 Å². The molecule has 2 unspecified atom stereocenters. The Bertz CT molecular complexity index is 660. The van der Waals surface area contributed by atoms with Crippen LogP contribution in [0.15, 0.2) is 18.2 Å². The number of carbonyl (C=O) groups is 1. The van der Waals surface area contributed by atoms with Crippen LogP contribution in [-0.4, -0.2) is 35.2 Å². The van der Waals surface area contributed by atoms with Gasteiger partial charge in [0.1, 0.15) is 5.60 Å². The van der Waals surface area contributed by atoms with E-state index in [9.17, 15) is 14.9 Å². The van der Waals surface area contributed by atoms with Gasteiger partial charge in [-0.25, -0.2) is 4.79 Å². The molecule has 1 N–H and O–H groups in total. The molecule has 1 aliphatic rings. The lowest BCUT2D eigenvalue weighted by Gasteiger charge is -2.40. The number of rotatable bonds is 3. The van der Waals surface area contributed by atoms with E-state index in [0.29, 0.717) is 11.6 Å². The highest BCUT2D eigenvalue weighted by Crippen LogP contribution is 2.33. The molecule has 2 atom stereocenters. The van der Waals surface area contributed by atoms with Crippen LogP contribution in [0.25, 0.3) is 0 Å². The first kappa shape index (κ1) is 19.3. The number of nitro groups is 1. The monoisotopic (exact) mass is 369 g/mol. The lowest BCUT2D eigenvalue weighted by atomic mass is 9.97. The van der Waals surface area contributed by atoms with Gasteiger partial charge in [-0.1, -0.05) is 11.6 Å². The van der Waals surface area contributed by atoms with Gasteiger partial charge in [-0.2, -0.15) is 0 Å². The number of nitrogens with one attached hydrogen (secondary N) is 1. The maximum Gasteiger partial charge on any atom is 0.407 e. The van der Waals surface area contributed by atoms with E-state index >= 15 is 0 Å². The minimum absolute atomic E-state index is 0.0251. The lowest BCUT2D eigenvalue weighted by Crippen LogP contribution is -2.50. The Morgan fingerprint density at radius 1 is 1.44 bits per heavy atom. The van der Waals surface area contributed by atoms with Crippen LogP contribution >= 0.6 is 11.6 Å². The lowest BCUT2D eigenvalue weighted by molar-refractivity contribution is -0.384. The number of alkyl carbamates (subject to hydrolysis) is 1. The van der Waals surface area contributed by atoms with E-state index in [4.69, 9.17) is 16.3 Å². The van der Waals surface area contributed by atoms with Crippen LogP contribution < -0.4 is 10.2 Å². The van der Waals surface area contributed by atoms with Gasteiger partial charge in [0.25, 0.3) is 5.69 Å². The molecule has 1 saturated heterocycles. The first-order chi connectivity index (χ1) is 11.6. The molecule has 8 heteroatoms. The molecule has 138 valence electrons. The standard InChI is InChI=1S/C17H24ClN3O4/c1-11-9-12(19-16(22)25-17(2,3)4)7-8-20(11)15-6-5-13(21(23)24)10-14(15)18/h5-6,10-12H,7-9H2,1-4H3,(H,19,22). The van der Waals surface area contributed by atoms with Gasteiger partial charge in [0, 0.05) is 30.8 Å². The van der Waals surface area contributed by atoms with Crippen LogP contribution in [0.1, 0.15) is 40.5 Å². The van der Waals surface area contributed by atoms with Gasteiger partial charge < -0.3 is 15.0 Å². The summed E-state index contributed by atoms with van der Waals surface area (Å²) < 4.78 is 5.29. The predicted octanol–water partition coefficient (Wildman–Crippen LogP) is 4.13. The fraction of sp³-hybridized carbons (Fsp3) is 0.588. The summed E-state index contributed by atoms with van der Waals surface area (Å²) in [6.45, 7) is 8.22. The molecule has 0 bridgehead atoms. The fourth-order valence-corrected chi connectivity index (χ4v) is 3.26. The second-order valence-electron chi connectivity index (χ2n) is 7.30. The van der Waals surface area contributed by atoms with Gasteiger partial charge in [-0.3, -0.25) is 10.1 Å². The molecule has 0 radical (unpaired) electrons. The van der Waals surface area contributed by atoms with Crippen molar-refractivity contribution in [3.05, 3.63) is 33.3 Å². The molecule has 1 fully saturated rings. The van der Waals surface area contributed by atoms with E-state index in [1.165, 1.54) is 12.1 Å². The van der Waals surface area contributed by atoms with Crippen molar-refractivity contribution in [2.45, 2.75) is 58.2 Å². The second-order valence-corrected chi connectivity index (χ2v) is 7.71. The molecule has 0 spiro atoms. The average molecular weight is 370 g/mol. The number of nitro benzene ring substituents is 1. The molecule has 1 aliphatic heterocycles. The highest BCUT2D eigenvalue weighted by atomic mass is 35.5. The van der Waals surface area contributed by atoms with E-state index < -0.39 is 16.6 Å². The number of halogens is 1. The molecule has 1 amide bonds. The van der Waals surface area contributed by atoms with Crippen LogP contribution in [-0.2, 0) is 4.74 Å². The fourth-order valence-electron chi connectivity index (χ4n) is 2.98. The number of amides is 1. The summed E-state index contributed by atoms with van der Waals surface area (Å²) in [7, 11) is 0. The van der Waals surface area contributed by atoms with Crippen molar-refractivity contribution in [3.63, 3.8) is 0 Å². The number of benzene rings is 1. The first-order valence-corrected chi connectivity index (χ1v) is 8.64. The van der Waals surface area contributed by atoms with Crippen molar-refractivity contribution in [3.8, 4) is 0 Å². The molecule has 1 heterocycles. The summed E-state index contributed by atoms with van der Waals surface area (Å²) in [5.74, 6) is 0. The number of carbonyl (C=O) groups excluding carboxylic acids is 1. The minimum Gasteiger partial charge on any atom is -0.444 e. The van der Waals surface area contributed by atoms with E-state index in [1.54, 1.807) is 6.07 Å². The first-order valence-electron chi connectivity index (χ1n) is 8.27. The molecule has 0 saturated carbocycles. The van der Waals surface area contributed by atoms with Crippen molar-refractivity contribution in [2.24, 2.45) is 0 Å². The van der Waals surface area contributed by atoms with Crippen molar-refractivity contribution in [2.75, 3.05) is 11.4 Å². The van der Waals surface area contributed by atoms with Gasteiger partial charge in [-0.15, -0.1) is 0 Å². The number of nitrogens with zero attached hydrogens (tertiary/aromatic N) is 2. The Balaban J connectivity index is 2.00. The van der Waals surface area contributed by atoms with Gasteiger partial charge in [0.05, 0.1) is 15.6 Å². The maximum absolute atomic E-state index is 11.9. The van der Waals surface area contributed by atoms with Crippen molar-refractivity contribution in [1.29, 1.82) is 0 Å². The number of ether oxygens (including phenoxy) is 1. The number of hydrogen-bond acceptors (Lipinski definition) is 5. The Morgan fingerprint density at radius 2 is 2.12 bits per heavy atom. The molecule has 0 aliphatic carbocycles. The minimum atomic E-state index is -0.525. The van der Waals surface area contributed by atoms with Crippen LogP contribution in [0.3, 0.4) is 0 Å². The Hall–Kier alpha value is -2.02. The van der Waals surface area contributed by atoms with Crippen molar-refractivity contribution >= 4 is 29.1 Å². The summed E-state index contributed by atoms with van der Waals surface area (Å²) in [6, 6.07) is 4.66. The Kier molecular flexibility index (Phi) is 5.77. The van der Waals surface area contributed by atoms with Crippen LogP contribution in [0.4, 0.5) is 16.2 Å². The molecule has 0 aromatic heterocycles. The SMILES string of the molecule is CC1CC(NC(=O)OC(C)(C)C)CCN1c1ccc([N+](=O)[O-])cc1Cl. The van der Waals surface area contributed by atoms with Gasteiger partial charge in [0.15, 0.2) is 0 Å². The van der Waals surface area contributed by atoms with Crippen molar-refractivity contribution < 1.29 is 14.5 Å². The third kappa shape index (κ3) is 5.22. The average Bonchev–Trinajstić information content (AvgIpc) is 2.45. The smallest absolute Gasteiger partial charge is 0.407 e. The van der Waals surface area contributed by atoms with Gasteiger partial charge >= 0.3 is 6.09 Å². The molecule has 7 nitrogen and oxygen atoms in total. The summed E-state index contributed by atoms with van der Waals surface area (Å²) >= 11 is 6.23. The molecule has 25 heavy (non-hydrogen) atoms.